The Morgan fingerprint density at radius 2 is 1.39 bits per heavy atom. The average Bonchev–Trinajstić information content (AvgIpc) is 2.96. The SMILES string of the molecule is OCC(OC1O[C@@H](C(O)CO)[C@H](O)[C@H]1O)[C@@H]1O[C@@H](O)[C@H](O)[C@H]1O. The Labute approximate surface area is 130 Å². The van der Waals surface area contributed by atoms with E-state index >= 15 is 0 Å². The van der Waals surface area contributed by atoms with Crippen LogP contribution in [0.1, 0.15) is 0 Å². The summed E-state index contributed by atoms with van der Waals surface area (Å²) in [6, 6.07) is 0. The molecule has 2 heterocycles. The van der Waals surface area contributed by atoms with Crippen LogP contribution in [0.5, 0.6) is 0 Å². The molecule has 0 spiro atoms. The molecule has 10 atom stereocenters. The number of hydrogen-bond donors (Lipinski definition) is 8. The van der Waals surface area contributed by atoms with Gasteiger partial charge in [0.1, 0.15) is 48.8 Å². The molecular weight excluding hydrogens is 320 g/mol. The highest BCUT2D eigenvalue weighted by Gasteiger charge is 2.51. The van der Waals surface area contributed by atoms with Crippen LogP contribution >= 0.6 is 0 Å². The Bertz CT molecular complexity index is 382. The molecule has 0 amide bonds. The van der Waals surface area contributed by atoms with E-state index in [-0.39, 0.29) is 0 Å². The predicted octanol–water partition coefficient (Wildman–Crippen LogP) is -5.40. The maximum Gasteiger partial charge on any atom is 0.187 e. The summed E-state index contributed by atoms with van der Waals surface area (Å²) < 4.78 is 15.2. The standard InChI is InChI=1S/C12H22O11/c13-1-3(15)9-6(17)8(19)12(23-9)21-4(2-14)10-5(16)7(18)11(20)22-10/h3-20H,1-2H2/t3?,4?,5-,6-,7-,8-,9+,10+,11-,12?/m1/s1. The van der Waals surface area contributed by atoms with E-state index in [1.807, 2.05) is 0 Å². The van der Waals surface area contributed by atoms with Crippen LogP contribution in [0.25, 0.3) is 0 Å². The van der Waals surface area contributed by atoms with Gasteiger partial charge in [-0.2, -0.15) is 0 Å². The van der Waals surface area contributed by atoms with Crippen molar-refractivity contribution in [3.63, 3.8) is 0 Å². The van der Waals surface area contributed by atoms with Gasteiger partial charge in [-0.3, -0.25) is 0 Å². The van der Waals surface area contributed by atoms with Gasteiger partial charge in [0.15, 0.2) is 12.6 Å². The molecule has 2 aliphatic heterocycles. The largest absolute Gasteiger partial charge is 0.394 e. The van der Waals surface area contributed by atoms with E-state index in [1.54, 1.807) is 0 Å². The number of rotatable bonds is 6. The molecule has 23 heavy (non-hydrogen) atoms. The first kappa shape index (κ1) is 18.9. The highest BCUT2D eigenvalue weighted by molar-refractivity contribution is 4.94. The minimum absolute atomic E-state index is 0.711. The van der Waals surface area contributed by atoms with E-state index in [0.717, 1.165) is 0 Å². The third-order valence-electron chi connectivity index (χ3n) is 3.95. The van der Waals surface area contributed by atoms with E-state index in [4.69, 9.17) is 19.3 Å². The summed E-state index contributed by atoms with van der Waals surface area (Å²) in [5, 5.41) is 75.8. The van der Waals surface area contributed by atoms with Crippen molar-refractivity contribution < 1.29 is 55.1 Å². The van der Waals surface area contributed by atoms with Gasteiger partial charge in [0.2, 0.25) is 0 Å². The lowest BCUT2D eigenvalue weighted by atomic mass is 10.1. The topological polar surface area (TPSA) is 190 Å². The lowest BCUT2D eigenvalue weighted by molar-refractivity contribution is -0.239. The zero-order valence-corrected chi connectivity index (χ0v) is 12.0. The van der Waals surface area contributed by atoms with E-state index in [1.165, 1.54) is 0 Å². The van der Waals surface area contributed by atoms with Crippen LogP contribution in [0.3, 0.4) is 0 Å². The highest BCUT2D eigenvalue weighted by atomic mass is 16.7. The summed E-state index contributed by atoms with van der Waals surface area (Å²) >= 11 is 0. The maximum atomic E-state index is 9.85. The highest BCUT2D eigenvalue weighted by Crippen LogP contribution is 2.29. The van der Waals surface area contributed by atoms with Crippen LogP contribution in [-0.4, -0.2) is 115 Å². The molecule has 2 rings (SSSR count). The van der Waals surface area contributed by atoms with Gasteiger partial charge in [0, 0.05) is 0 Å². The number of hydrogen-bond acceptors (Lipinski definition) is 11. The molecular formula is C12H22O11. The Kier molecular flexibility index (Phi) is 6.27. The zero-order chi connectivity index (χ0) is 17.3. The van der Waals surface area contributed by atoms with Crippen molar-refractivity contribution >= 4 is 0 Å². The van der Waals surface area contributed by atoms with Crippen molar-refractivity contribution in [3.05, 3.63) is 0 Å². The number of aliphatic hydroxyl groups is 8. The maximum absolute atomic E-state index is 9.85. The van der Waals surface area contributed by atoms with Gasteiger partial charge >= 0.3 is 0 Å². The van der Waals surface area contributed by atoms with Crippen molar-refractivity contribution in [1.29, 1.82) is 0 Å². The van der Waals surface area contributed by atoms with E-state index in [9.17, 15) is 35.7 Å². The smallest absolute Gasteiger partial charge is 0.187 e. The van der Waals surface area contributed by atoms with Crippen LogP contribution < -0.4 is 0 Å². The molecule has 2 saturated heterocycles. The summed E-state index contributed by atoms with van der Waals surface area (Å²) in [6.07, 6.45) is -14.8. The molecule has 11 nitrogen and oxygen atoms in total. The zero-order valence-electron chi connectivity index (χ0n) is 12.0. The van der Waals surface area contributed by atoms with Crippen LogP contribution in [0.4, 0.5) is 0 Å². The predicted molar refractivity (Wildman–Crippen MR) is 68.6 cm³/mol. The first-order valence-electron chi connectivity index (χ1n) is 7.08. The second-order valence-corrected chi connectivity index (χ2v) is 5.53. The van der Waals surface area contributed by atoms with E-state index < -0.39 is 74.6 Å². The molecule has 2 fully saturated rings. The molecule has 0 radical (unpaired) electrons. The first-order valence-corrected chi connectivity index (χ1v) is 7.08. The second kappa shape index (κ2) is 7.63. The van der Waals surface area contributed by atoms with Crippen molar-refractivity contribution in [3.8, 4) is 0 Å². The van der Waals surface area contributed by atoms with Crippen molar-refractivity contribution in [2.75, 3.05) is 13.2 Å². The van der Waals surface area contributed by atoms with Crippen molar-refractivity contribution in [1.82, 2.24) is 0 Å². The summed E-state index contributed by atoms with van der Waals surface area (Å²) in [6.45, 7) is -1.43. The molecule has 2 aliphatic rings. The average molecular weight is 342 g/mol. The third kappa shape index (κ3) is 3.65. The molecule has 0 aliphatic carbocycles. The molecule has 8 N–H and O–H groups in total. The van der Waals surface area contributed by atoms with Gasteiger partial charge in [-0.15, -0.1) is 0 Å². The van der Waals surface area contributed by atoms with Gasteiger partial charge in [0.05, 0.1) is 13.2 Å². The fraction of sp³-hybridized carbons (Fsp3) is 1.00. The first-order chi connectivity index (χ1) is 10.8. The van der Waals surface area contributed by atoms with E-state index in [0.29, 0.717) is 0 Å². The lowest BCUT2D eigenvalue weighted by Gasteiger charge is -2.27. The number of aliphatic hydroxyl groups excluding tert-OH is 8. The normalized spacial score (nSPS) is 47.0. The molecule has 136 valence electrons. The molecule has 0 bridgehead atoms. The van der Waals surface area contributed by atoms with Crippen LogP contribution in [0.2, 0.25) is 0 Å². The van der Waals surface area contributed by atoms with E-state index in [2.05, 4.69) is 0 Å². The van der Waals surface area contributed by atoms with Crippen LogP contribution in [0.15, 0.2) is 0 Å². The Morgan fingerprint density at radius 1 is 0.783 bits per heavy atom. The summed E-state index contributed by atoms with van der Waals surface area (Å²) in [4.78, 5) is 0. The molecule has 0 aromatic carbocycles. The molecule has 3 unspecified atom stereocenters. The second-order valence-electron chi connectivity index (χ2n) is 5.53. The quantitative estimate of drug-likeness (QED) is 0.230. The molecule has 0 saturated carbocycles. The fourth-order valence-corrected chi connectivity index (χ4v) is 2.60. The Morgan fingerprint density at radius 3 is 1.87 bits per heavy atom. The molecule has 11 heteroatoms. The molecule has 0 aromatic heterocycles. The van der Waals surface area contributed by atoms with Crippen LogP contribution in [0, 0.1) is 0 Å². The summed E-state index contributed by atoms with van der Waals surface area (Å²) in [5.41, 5.74) is 0. The molecule has 0 aromatic rings. The van der Waals surface area contributed by atoms with Gasteiger partial charge < -0.3 is 55.1 Å². The van der Waals surface area contributed by atoms with Crippen molar-refractivity contribution in [2.24, 2.45) is 0 Å². The monoisotopic (exact) mass is 342 g/mol. The lowest BCUT2D eigenvalue weighted by Crippen LogP contribution is -2.46. The summed E-state index contributed by atoms with van der Waals surface area (Å²) in [5.74, 6) is 0. The minimum atomic E-state index is -1.67. The van der Waals surface area contributed by atoms with Crippen molar-refractivity contribution in [2.45, 2.75) is 61.4 Å². The summed E-state index contributed by atoms with van der Waals surface area (Å²) in [7, 11) is 0. The Balaban J connectivity index is 2.02. The third-order valence-corrected chi connectivity index (χ3v) is 3.95. The van der Waals surface area contributed by atoms with Crippen LogP contribution in [-0.2, 0) is 14.2 Å². The van der Waals surface area contributed by atoms with Gasteiger partial charge in [-0.1, -0.05) is 0 Å². The van der Waals surface area contributed by atoms with Gasteiger partial charge in [-0.25, -0.2) is 0 Å². The minimum Gasteiger partial charge on any atom is -0.394 e. The Hall–Kier alpha value is -0.440. The fourth-order valence-electron chi connectivity index (χ4n) is 2.60. The van der Waals surface area contributed by atoms with Gasteiger partial charge in [-0.05, 0) is 0 Å². The number of ether oxygens (including phenoxy) is 3. The van der Waals surface area contributed by atoms with Gasteiger partial charge in [0.25, 0.3) is 0 Å².